The Labute approximate surface area is 179 Å². The van der Waals surface area contributed by atoms with Gasteiger partial charge in [-0.15, -0.1) is 0 Å². The van der Waals surface area contributed by atoms with Crippen LogP contribution in [0.4, 0.5) is 0 Å². The first kappa shape index (κ1) is 23.9. The predicted octanol–water partition coefficient (Wildman–Crippen LogP) is 2.50. The van der Waals surface area contributed by atoms with Gasteiger partial charge in [0.15, 0.2) is 5.78 Å². The van der Waals surface area contributed by atoms with Crippen molar-refractivity contribution in [3.63, 3.8) is 0 Å². The second kappa shape index (κ2) is 13.0. The van der Waals surface area contributed by atoms with Crippen LogP contribution in [0.25, 0.3) is 0 Å². The monoisotopic (exact) mass is 417 g/mol. The number of amides is 2. The number of carbonyl (C=O) groups excluding carboxylic acids is 3. The highest BCUT2D eigenvalue weighted by Crippen LogP contribution is 2.15. The van der Waals surface area contributed by atoms with Gasteiger partial charge in [0, 0.05) is 51.1 Å². The molecular weight excluding hydrogens is 382 g/mol. The van der Waals surface area contributed by atoms with Gasteiger partial charge in [-0.05, 0) is 37.6 Å². The summed E-state index contributed by atoms with van der Waals surface area (Å²) in [6, 6.07) is 7.16. The maximum atomic E-state index is 12.4. The normalized spacial score (nSPS) is 14.4. The highest BCUT2D eigenvalue weighted by atomic mass is 16.5. The summed E-state index contributed by atoms with van der Waals surface area (Å²) in [6.07, 6.45) is 3.74. The average Bonchev–Trinajstić information content (AvgIpc) is 2.76. The molecule has 0 spiro atoms. The van der Waals surface area contributed by atoms with Crippen molar-refractivity contribution in [2.75, 3.05) is 45.9 Å². The molecule has 2 amide bonds. The summed E-state index contributed by atoms with van der Waals surface area (Å²) >= 11 is 0. The molecule has 0 aromatic heterocycles. The molecule has 166 valence electrons. The van der Waals surface area contributed by atoms with Crippen LogP contribution >= 0.6 is 0 Å². The van der Waals surface area contributed by atoms with Crippen LogP contribution in [-0.4, -0.2) is 73.3 Å². The van der Waals surface area contributed by atoms with Crippen LogP contribution < -0.4 is 10.1 Å². The van der Waals surface area contributed by atoms with Gasteiger partial charge < -0.3 is 15.0 Å². The molecule has 0 bridgehead atoms. The Morgan fingerprint density at radius 3 is 2.30 bits per heavy atom. The molecular formula is C23H35N3O4. The van der Waals surface area contributed by atoms with E-state index in [-0.39, 0.29) is 30.4 Å². The number of piperazine rings is 1. The summed E-state index contributed by atoms with van der Waals surface area (Å²) in [4.78, 5) is 40.4. The fourth-order valence-corrected chi connectivity index (χ4v) is 3.41. The number of hydrogen-bond donors (Lipinski definition) is 1. The molecule has 1 aliphatic heterocycles. The van der Waals surface area contributed by atoms with E-state index in [0.29, 0.717) is 51.4 Å². The zero-order valence-electron chi connectivity index (χ0n) is 18.3. The number of nitrogens with zero attached hydrogens (tertiary/aromatic N) is 2. The maximum absolute atomic E-state index is 12.4. The smallest absolute Gasteiger partial charge is 0.234 e. The van der Waals surface area contributed by atoms with Crippen molar-refractivity contribution in [2.45, 2.75) is 46.0 Å². The number of Topliss-reactive ketones (excluding diaryl/α,β-unsaturated/α-hetero) is 1. The number of unbranched alkanes of at least 4 members (excludes halogenated alkanes) is 2. The molecule has 7 nitrogen and oxygen atoms in total. The minimum absolute atomic E-state index is 0.00288. The SMILES string of the molecule is CCCCCOc1ccc(C(=O)CCC(=O)N2CCN(CC(=O)NCC)CC2)cc1. The quantitative estimate of drug-likeness (QED) is 0.418. The Morgan fingerprint density at radius 2 is 1.67 bits per heavy atom. The van der Waals surface area contributed by atoms with E-state index in [0.717, 1.165) is 25.0 Å². The fourth-order valence-electron chi connectivity index (χ4n) is 3.41. The van der Waals surface area contributed by atoms with Crippen LogP contribution in [-0.2, 0) is 9.59 Å². The molecule has 30 heavy (non-hydrogen) atoms. The van der Waals surface area contributed by atoms with Crippen molar-refractivity contribution in [3.8, 4) is 5.75 Å². The summed E-state index contributed by atoms with van der Waals surface area (Å²) in [7, 11) is 0. The first-order valence-corrected chi connectivity index (χ1v) is 11.1. The first-order chi connectivity index (χ1) is 14.5. The highest BCUT2D eigenvalue weighted by Gasteiger charge is 2.22. The molecule has 1 saturated heterocycles. The van der Waals surface area contributed by atoms with Crippen LogP contribution in [0.15, 0.2) is 24.3 Å². The number of nitrogens with one attached hydrogen (secondary N) is 1. The van der Waals surface area contributed by atoms with Gasteiger partial charge in [-0.1, -0.05) is 19.8 Å². The lowest BCUT2D eigenvalue weighted by atomic mass is 10.1. The topological polar surface area (TPSA) is 79.0 Å². The molecule has 0 aliphatic carbocycles. The molecule has 0 radical (unpaired) electrons. The molecule has 1 N–H and O–H groups in total. The van der Waals surface area contributed by atoms with Gasteiger partial charge in [-0.2, -0.15) is 0 Å². The highest BCUT2D eigenvalue weighted by molar-refractivity contribution is 5.98. The number of benzene rings is 1. The minimum atomic E-state index is -0.0317. The number of ketones is 1. The molecule has 0 saturated carbocycles. The lowest BCUT2D eigenvalue weighted by Crippen LogP contribution is -2.51. The molecule has 1 aliphatic rings. The molecule has 1 fully saturated rings. The zero-order valence-corrected chi connectivity index (χ0v) is 18.3. The van der Waals surface area contributed by atoms with E-state index in [1.54, 1.807) is 17.0 Å². The van der Waals surface area contributed by atoms with Crippen LogP contribution in [0.2, 0.25) is 0 Å². The predicted molar refractivity (Wildman–Crippen MR) is 117 cm³/mol. The van der Waals surface area contributed by atoms with Crippen LogP contribution in [0.3, 0.4) is 0 Å². The van der Waals surface area contributed by atoms with Crippen molar-refractivity contribution in [1.29, 1.82) is 0 Å². The molecule has 1 aromatic carbocycles. The van der Waals surface area contributed by atoms with E-state index in [9.17, 15) is 14.4 Å². The molecule has 1 aromatic rings. The minimum Gasteiger partial charge on any atom is -0.494 e. The lowest BCUT2D eigenvalue weighted by Gasteiger charge is -2.34. The zero-order chi connectivity index (χ0) is 21.8. The molecule has 1 heterocycles. The van der Waals surface area contributed by atoms with E-state index in [2.05, 4.69) is 12.2 Å². The second-order valence-corrected chi connectivity index (χ2v) is 7.61. The fraction of sp³-hybridized carbons (Fsp3) is 0.609. The van der Waals surface area contributed by atoms with Gasteiger partial charge >= 0.3 is 0 Å². The second-order valence-electron chi connectivity index (χ2n) is 7.61. The van der Waals surface area contributed by atoms with Crippen molar-refractivity contribution in [1.82, 2.24) is 15.1 Å². The van der Waals surface area contributed by atoms with Crippen molar-refractivity contribution in [2.24, 2.45) is 0 Å². The molecule has 2 rings (SSSR count). The van der Waals surface area contributed by atoms with E-state index in [1.165, 1.54) is 0 Å². The number of hydrogen-bond acceptors (Lipinski definition) is 5. The van der Waals surface area contributed by atoms with Crippen molar-refractivity contribution in [3.05, 3.63) is 29.8 Å². The number of rotatable bonds is 12. The van der Waals surface area contributed by atoms with Crippen molar-refractivity contribution >= 4 is 17.6 Å². The van der Waals surface area contributed by atoms with E-state index in [1.807, 2.05) is 24.0 Å². The molecule has 0 atom stereocenters. The third-order valence-electron chi connectivity index (χ3n) is 5.22. The molecule has 7 heteroatoms. The number of ether oxygens (including phenoxy) is 1. The van der Waals surface area contributed by atoms with Crippen LogP contribution in [0.1, 0.15) is 56.3 Å². The van der Waals surface area contributed by atoms with Gasteiger partial charge in [-0.25, -0.2) is 0 Å². The van der Waals surface area contributed by atoms with Gasteiger partial charge in [0.1, 0.15) is 5.75 Å². The maximum Gasteiger partial charge on any atom is 0.234 e. The average molecular weight is 418 g/mol. The van der Waals surface area contributed by atoms with Crippen molar-refractivity contribution < 1.29 is 19.1 Å². The Morgan fingerprint density at radius 1 is 0.967 bits per heavy atom. The summed E-state index contributed by atoms with van der Waals surface area (Å²) in [5, 5.41) is 2.79. The van der Waals surface area contributed by atoms with E-state index >= 15 is 0 Å². The first-order valence-electron chi connectivity index (χ1n) is 11.1. The van der Waals surface area contributed by atoms with Gasteiger partial charge in [0.2, 0.25) is 11.8 Å². The summed E-state index contributed by atoms with van der Waals surface area (Å²) in [5.74, 6) is 0.747. The standard InChI is InChI=1S/C23H35N3O4/c1-3-5-6-17-30-20-9-7-19(8-10-20)21(27)11-12-23(29)26-15-13-25(14-16-26)18-22(28)24-4-2/h7-10H,3-6,11-18H2,1-2H3,(H,24,28). The lowest BCUT2D eigenvalue weighted by molar-refractivity contribution is -0.133. The number of carbonyl (C=O) groups is 3. The van der Waals surface area contributed by atoms with Crippen LogP contribution in [0, 0.1) is 0 Å². The molecule has 0 unspecified atom stereocenters. The van der Waals surface area contributed by atoms with Crippen LogP contribution in [0.5, 0.6) is 5.75 Å². The number of likely N-dealkylation sites (N-methyl/N-ethyl adjacent to an activating group) is 1. The van der Waals surface area contributed by atoms with Gasteiger partial charge in [0.05, 0.1) is 13.2 Å². The summed E-state index contributed by atoms with van der Waals surface area (Å²) < 4.78 is 5.67. The Bertz CT molecular complexity index is 682. The summed E-state index contributed by atoms with van der Waals surface area (Å²) in [5.41, 5.74) is 0.607. The van der Waals surface area contributed by atoms with E-state index in [4.69, 9.17) is 4.74 Å². The largest absolute Gasteiger partial charge is 0.494 e. The Hall–Kier alpha value is -2.41. The van der Waals surface area contributed by atoms with Gasteiger partial charge in [-0.3, -0.25) is 19.3 Å². The van der Waals surface area contributed by atoms with Gasteiger partial charge in [0.25, 0.3) is 0 Å². The third-order valence-corrected chi connectivity index (χ3v) is 5.22. The Balaban J connectivity index is 1.69. The van der Waals surface area contributed by atoms with E-state index < -0.39 is 0 Å². The third kappa shape index (κ3) is 8.14. The summed E-state index contributed by atoms with van der Waals surface area (Å²) in [6.45, 7) is 8.27. The Kier molecular flexibility index (Phi) is 10.3.